The fourth-order valence-electron chi connectivity index (χ4n) is 1.66. The molecule has 0 radical (unpaired) electrons. The number of nitrogens with one attached hydrogen (secondary N) is 1. The minimum atomic E-state index is -4.39. The summed E-state index contributed by atoms with van der Waals surface area (Å²) in [5.41, 5.74) is 0.164. The van der Waals surface area contributed by atoms with Crippen LogP contribution in [0.25, 0.3) is 11.3 Å². The van der Waals surface area contributed by atoms with Gasteiger partial charge in [-0.2, -0.15) is 13.2 Å². The first kappa shape index (κ1) is 14.1. The lowest BCUT2D eigenvalue weighted by molar-refractivity contribution is -0.137. The highest BCUT2D eigenvalue weighted by atomic mass is 79.9. The summed E-state index contributed by atoms with van der Waals surface area (Å²) in [5.74, 6) is 0.326. The minimum Gasteiger partial charge on any atom is -0.443 e. The molecule has 1 N–H and O–H groups in total. The fourth-order valence-corrected chi connectivity index (χ4v) is 2.08. The van der Waals surface area contributed by atoms with Gasteiger partial charge < -0.3 is 9.73 Å². The second-order valence-corrected chi connectivity index (χ2v) is 4.71. The summed E-state index contributed by atoms with van der Waals surface area (Å²) in [5, 5.41) is 2.88. The zero-order valence-corrected chi connectivity index (χ0v) is 11.5. The molecule has 0 saturated heterocycles. The van der Waals surface area contributed by atoms with Crippen LogP contribution in [-0.4, -0.2) is 12.0 Å². The van der Waals surface area contributed by atoms with Crippen LogP contribution < -0.4 is 5.32 Å². The van der Waals surface area contributed by atoms with Crippen molar-refractivity contribution in [1.82, 2.24) is 10.3 Å². The van der Waals surface area contributed by atoms with Crippen LogP contribution in [0.1, 0.15) is 11.3 Å². The number of oxazole rings is 1. The van der Waals surface area contributed by atoms with Crippen molar-refractivity contribution in [2.75, 3.05) is 7.05 Å². The number of halogens is 4. The summed E-state index contributed by atoms with van der Waals surface area (Å²) >= 11 is 3.23. The van der Waals surface area contributed by atoms with Crippen molar-refractivity contribution < 1.29 is 17.6 Å². The number of hydrogen-bond acceptors (Lipinski definition) is 3. The van der Waals surface area contributed by atoms with Crippen LogP contribution in [-0.2, 0) is 12.7 Å². The van der Waals surface area contributed by atoms with Gasteiger partial charge in [0.1, 0.15) is 5.69 Å². The van der Waals surface area contributed by atoms with Crippen molar-refractivity contribution in [2.45, 2.75) is 12.7 Å². The fraction of sp³-hybridized carbons (Fsp3) is 0.250. The second kappa shape index (κ2) is 5.34. The lowest BCUT2D eigenvalue weighted by atomic mass is 10.1. The first-order chi connectivity index (χ1) is 8.93. The summed E-state index contributed by atoms with van der Waals surface area (Å²) in [6.45, 7) is 0.411. The molecule has 0 aliphatic carbocycles. The molecule has 0 fully saturated rings. The predicted octanol–water partition coefficient (Wildman–Crippen LogP) is 3.84. The normalized spacial score (nSPS) is 11.8. The Kier molecular flexibility index (Phi) is 3.96. The second-order valence-electron chi connectivity index (χ2n) is 3.85. The highest BCUT2D eigenvalue weighted by Crippen LogP contribution is 2.37. The van der Waals surface area contributed by atoms with Gasteiger partial charge in [0.15, 0.2) is 12.2 Å². The van der Waals surface area contributed by atoms with E-state index in [1.807, 2.05) is 0 Å². The molecular weight excluding hydrogens is 325 g/mol. The molecule has 0 atom stereocenters. The lowest BCUT2D eigenvalue weighted by Crippen LogP contribution is -2.07. The van der Waals surface area contributed by atoms with Gasteiger partial charge >= 0.3 is 6.18 Å². The molecule has 2 aromatic rings. The van der Waals surface area contributed by atoms with Crippen molar-refractivity contribution in [1.29, 1.82) is 0 Å². The van der Waals surface area contributed by atoms with E-state index in [2.05, 4.69) is 26.2 Å². The van der Waals surface area contributed by atoms with E-state index in [1.54, 1.807) is 7.05 Å². The molecule has 0 aliphatic heterocycles. The Morgan fingerprint density at radius 3 is 2.74 bits per heavy atom. The van der Waals surface area contributed by atoms with E-state index in [9.17, 15) is 13.2 Å². The van der Waals surface area contributed by atoms with E-state index in [0.717, 1.165) is 12.1 Å². The van der Waals surface area contributed by atoms with Crippen LogP contribution in [0.2, 0.25) is 0 Å². The van der Waals surface area contributed by atoms with Crippen molar-refractivity contribution in [2.24, 2.45) is 0 Å². The summed E-state index contributed by atoms with van der Waals surface area (Å²) in [6.07, 6.45) is -3.17. The predicted molar refractivity (Wildman–Crippen MR) is 67.4 cm³/mol. The molecule has 0 unspecified atom stereocenters. The Morgan fingerprint density at radius 2 is 2.11 bits per heavy atom. The Hall–Kier alpha value is -1.34. The average molecular weight is 335 g/mol. The van der Waals surface area contributed by atoms with E-state index >= 15 is 0 Å². The molecule has 1 heterocycles. The quantitative estimate of drug-likeness (QED) is 0.926. The van der Waals surface area contributed by atoms with Crippen LogP contribution in [0, 0.1) is 0 Å². The van der Waals surface area contributed by atoms with Crippen molar-refractivity contribution in [3.63, 3.8) is 0 Å². The molecule has 1 aromatic carbocycles. The molecule has 2 rings (SSSR count). The zero-order chi connectivity index (χ0) is 14.0. The Labute approximate surface area is 116 Å². The van der Waals surface area contributed by atoms with Gasteiger partial charge in [0.05, 0.1) is 5.56 Å². The summed E-state index contributed by atoms with van der Waals surface area (Å²) < 4.78 is 43.9. The van der Waals surface area contributed by atoms with Gasteiger partial charge in [0, 0.05) is 16.6 Å². The van der Waals surface area contributed by atoms with Crippen LogP contribution in [0.4, 0.5) is 13.2 Å². The van der Waals surface area contributed by atoms with Gasteiger partial charge in [-0.15, -0.1) is 0 Å². The molecular formula is C12H10BrF3N2O. The average Bonchev–Trinajstić information content (AvgIpc) is 2.77. The topological polar surface area (TPSA) is 38.1 Å². The maximum absolute atomic E-state index is 12.7. The molecule has 0 amide bonds. The van der Waals surface area contributed by atoms with E-state index in [1.165, 1.54) is 12.5 Å². The number of benzene rings is 1. The third-order valence-electron chi connectivity index (χ3n) is 2.52. The molecule has 7 heteroatoms. The molecule has 0 bridgehead atoms. The molecule has 102 valence electrons. The van der Waals surface area contributed by atoms with Crippen LogP contribution in [0.15, 0.2) is 33.5 Å². The maximum atomic E-state index is 12.7. The maximum Gasteiger partial charge on any atom is 0.416 e. The molecule has 3 nitrogen and oxygen atoms in total. The number of nitrogens with zero attached hydrogens (tertiary/aromatic N) is 1. The molecule has 0 spiro atoms. The molecule has 0 aliphatic rings. The monoisotopic (exact) mass is 334 g/mol. The van der Waals surface area contributed by atoms with E-state index in [-0.39, 0.29) is 0 Å². The Bertz CT molecular complexity index is 581. The van der Waals surface area contributed by atoms with Crippen LogP contribution in [0.5, 0.6) is 0 Å². The lowest BCUT2D eigenvalue weighted by Gasteiger charge is -2.10. The highest BCUT2D eigenvalue weighted by molar-refractivity contribution is 9.10. The Morgan fingerprint density at radius 1 is 1.37 bits per heavy atom. The zero-order valence-electron chi connectivity index (χ0n) is 9.88. The summed E-state index contributed by atoms with van der Waals surface area (Å²) in [4.78, 5) is 3.98. The van der Waals surface area contributed by atoms with E-state index < -0.39 is 11.7 Å². The van der Waals surface area contributed by atoms with Gasteiger partial charge in [-0.3, -0.25) is 0 Å². The van der Waals surface area contributed by atoms with Gasteiger partial charge in [-0.25, -0.2) is 4.98 Å². The summed E-state index contributed by atoms with van der Waals surface area (Å²) in [6, 6.07) is 3.41. The Balaban J connectivity index is 2.52. The first-order valence-corrected chi connectivity index (χ1v) is 6.17. The van der Waals surface area contributed by atoms with Gasteiger partial charge in [0.2, 0.25) is 0 Å². The van der Waals surface area contributed by atoms with Crippen molar-refractivity contribution in [3.05, 3.63) is 40.3 Å². The van der Waals surface area contributed by atoms with E-state index in [0.29, 0.717) is 28.0 Å². The first-order valence-electron chi connectivity index (χ1n) is 5.37. The summed E-state index contributed by atoms with van der Waals surface area (Å²) in [7, 11) is 1.72. The van der Waals surface area contributed by atoms with Crippen LogP contribution >= 0.6 is 15.9 Å². The number of aromatic nitrogens is 1. The van der Waals surface area contributed by atoms with Crippen LogP contribution in [0.3, 0.4) is 0 Å². The number of hydrogen-bond donors (Lipinski definition) is 1. The molecule has 1 aromatic heterocycles. The number of rotatable bonds is 3. The third-order valence-corrected chi connectivity index (χ3v) is 3.22. The van der Waals surface area contributed by atoms with Crippen molar-refractivity contribution in [3.8, 4) is 11.3 Å². The third kappa shape index (κ3) is 2.98. The van der Waals surface area contributed by atoms with Crippen molar-refractivity contribution >= 4 is 15.9 Å². The van der Waals surface area contributed by atoms with E-state index in [4.69, 9.17) is 4.42 Å². The van der Waals surface area contributed by atoms with Gasteiger partial charge in [0.25, 0.3) is 0 Å². The molecule has 19 heavy (non-hydrogen) atoms. The van der Waals surface area contributed by atoms with Gasteiger partial charge in [-0.05, 0) is 25.2 Å². The number of alkyl halides is 3. The smallest absolute Gasteiger partial charge is 0.416 e. The standard InChI is InChI=1S/C12H10BrF3N2O/c1-17-5-10-11(19-6-18-10)8-4-7(12(14,15)16)2-3-9(8)13/h2-4,6,17H,5H2,1H3. The SMILES string of the molecule is CNCc1ncoc1-c1cc(C(F)(F)F)ccc1Br. The highest BCUT2D eigenvalue weighted by Gasteiger charge is 2.31. The largest absolute Gasteiger partial charge is 0.443 e. The van der Waals surface area contributed by atoms with Gasteiger partial charge in [-0.1, -0.05) is 15.9 Å². The minimum absolute atomic E-state index is 0.326. The molecule has 0 saturated carbocycles.